The highest BCUT2D eigenvalue weighted by Crippen LogP contribution is 2.33. The first-order valence-electron chi connectivity index (χ1n) is 8.22. The Morgan fingerprint density at radius 3 is 2.77 bits per heavy atom. The van der Waals surface area contributed by atoms with Gasteiger partial charge in [0.05, 0.1) is 18.4 Å². The molecule has 0 saturated carbocycles. The van der Waals surface area contributed by atoms with Gasteiger partial charge in [-0.05, 0) is 36.2 Å². The summed E-state index contributed by atoms with van der Waals surface area (Å²) in [5, 5.41) is 3.64. The number of nitrogens with zero attached hydrogens (tertiary/aromatic N) is 2. The van der Waals surface area contributed by atoms with Crippen LogP contribution < -0.4 is 15.0 Å². The lowest BCUT2D eigenvalue weighted by Crippen LogP contribution is -2.36. The van der Waals surface area contributed by atoms with Crippen LogP contribution in [0.25, 0.3) is 10.2 Å². The molecule has 0 radical (unpaired) electrons. The van der Waals surface area contributed by atoms with Crippen molar-refractivity contribution in [1.29, 1.82) is 0 Å². The number of hydrogen-bond acceptors (Lipinski definition) is 5. The van der Waals surface area contributed by atoms with E-state index >= 15 is 0 Å². The fourth-order valence-electron chi connectivity index (χ4n) is 2.58. The maximum Gasteiger partial charge on any atom is 0.239 e. The van der Waals surface area contributed by atoms with Gasteiger partial charge in [0.15, 0.2) is 5.13 Å². The van der Waals surface area contributed by atoms with Crippen molar-refractivity contribution >= 4 is 32.6 Å². The number of ether oxygens (including phenoxy) is 1. The van der Waals surface area contributed by atoms with Gasteiger partial charge in [-0.1, -0.05) is 29.5 Å². The molecule has 1 heterocycles. The van der Waals surface area contributed by atoms with Crippen LogP contribution in [0.15, 0.2) is 42.5 Å². The first kappa shape index (κ1) is 18.1. The van der Waals surface area contributed by atoms with E-state index in [2.05, 4.69) is 10.3 Å². The van der Waals surface area contributed by atoms with Crippen LogP contribution in [0.5, 0.6) is 5.75 Å². The third-order valence-corrected chi connectivity index (χ3v) is 5.08. The molecule has 1 amide bonds. The van der Waals surface area contributed by atoms with Gasteiger partial charge in [0.25, 0.3) is 0 Å². The van der Waals surface area contributed by atoms with Gasteiger partial charge in [-0.25, -0.2) is 9.37 Å². The molecule has 26 heavy (non-hydrogen) atoms. The largest absolute Gasteiger partial charge is 0.494 e. The molecule has 3 aromatic rings. The van der Waals surface area contributed by atoms with Crippen LogP contribution in [0.1, 0.15) is 5.56 Å². The van der Waals surface area contributed by atoms with Crippen LogP contribution in [0.2, 0.25) is 0 Å². The number of thiazole rings is 1. The third kappa shape index (κ3) is 4.29. The highest BCUT2D eigenvalue weighted by atomic mass is 32.1. The molecule has 0 atom stereocenters. The van der Waals surface area contributed by atoms with Gasteiger partial charge in [-0.15, -0.1) is 0 Å². The SMILES string of the molecule is COc1cccc2sc(N(C)CC(=O)NCCc3ccc(F)cc3)nc12. The second-order valence-electron chi connectivity index (χ2n) is 5.89. The fourth-order valence-corrected chi connectivity index (χ4v) is 3.52. The Labute approximate surface area is 155 Å². The summed E-state index contributed by atoms with van der Waals surface area (Å²) in [5.74, 6) is 0.384. The number of likely N-dealkylation sites (N-methyl/N-ethyl adjacent to an activating group) is 1. The molecule has 2 aromatic carbocycles. The van der Waals surface area contributed by atoms with Gasteiger partial charge in [0.2, 0.25) is 5.91 Å². The standard InChI is InChI=1S/C19H20FN3O2S/c1-23(19-22-18-15(25-2)4-3-5-16(18)26-19)12-17(24)21-11-10-13-6-8-14(20)9-7-13/h3-9H,10-12H2,1-2H3,(H,21,24). The van der Waals surface area contributed by atoms with Crippen LogP contribution in [-0.4, -0.2) is 38.1 Å². The molecule has 0 aliphatic carbocycles. The number of carbonyl (C=O) groups excluding carboxylic acids is 1. The second-order valence-corrected chi connectivity index (χ2v) is 6.90. The lowest BCUT2D eigenvalue weighted by molar-refractivity contribution is -0.119. The number of methoxy groups -OCH3 is 1. The Morgan fingerprint density at radius 2 is 2.04 bits per heavy atom. The molecule has 3 rings (SSSR count). The maximum atomic E-state index is 12.9. The number of rotatable bonds is 7. The van der Waals surface area contributed by atoms with Gasteiger partial charge in [0, 0.05) is 13.6 Å². The van der Waals surface area contributed by atoms with Gasteiger partial charge in [-0.2, -0.15) is 0 Å². The van der Waals surface area contributed by atoms with Crippen molar-refractivity contribution < 1.29 is 13.9 Å². The summed E-state index contributed by atoms with van der Waals surface area (Å²) in [6, 6.07) is 12.1. The van der Waals surface area contributed by atoms with E-state index in [1.54, 1.807) is 19.2 Å². The summed E-state index contributed by atoms with van der Waals surface area (Å²) >= 11 is 1.52. The second kappa shape index (κ2) is 8.14. The summed E-state index contributed by atoms with van der Waals surface area (Å²) in [5.41, 5.74) is 1.79. The van der Waals surface area contributed by atoms with Crippen LogP contribution in [0.4, 0.5) is 9.52 Å². The summed E-state index contributed by atoms with van der Waals surface area (Å²) in [4.78, 5) is 18.5. The van der Waals surface area contributed by atoms with Crippen LogP contribution >= 0.6 is 11.3 Å². The summed E-state index contributed by atoms with van der Waals surface area (Å²) < 4.78 is 19.2. The molecule has 0 spiro atoms. The van der Waals surface area contributed by atoms with Gasteiger partial charge < -0.3 is 15.0 Å². The number of carbonyl (C=O) groups is 1. The molecule has 0 fully saturated rings. The summed E-state index contributed by atoms with van der Waals surface area (Å²) in [6.45, 7) is 0.720. The molecule has 136 valence electrons. The Morgan fingerprint density at radius 1 is 1.27 bits per heavy atom. The first-order chi connectivity index (χ1) is 12.6. The zero-order valence-electron chi connectivity index (χ0n) is 14.7. The van der Waals surface area contributed by atoms with Crippen LogP contribution in [-0.2, 0) is 11.2 Å². The number of para-hydroxylation sites is 1. The molecule has 0 aliphatic heterocycles. The highest BCUT2D eigenvalue weighted by Gasteiger charge is 2.14. The van der Waals surface area contributed by atoms with Crippen molar-refractivity contribution in [1.82, 2.24) is 10.3 Å². The molecule has 5 nitrogen and oxygen atoms in total. The molecule has 0 saturated heterocycles. The minimum atomic E-state index is -0.258. The number of aromatic nitrogens is 1. The van der Waals surface area contributed by atoms with Crippen LogP contribution in [0.3, 0.4) is 0 Å². The van der Waals surface area contributed by atoms with Gasteiger partial charge in [0.1, 0.15) is 17.1 Å². The average molecular weight is 373 g/mol. The number of fused-ring (bicyclic) bond motifs is 1. The molecule has 1 aromatic heterocycles. The Hall–Kier alpha value is -2.67. The van der Waals surface area contributed by atoms with E-state index in [4.69, 9.17) is 4.74 Å². The van der Waals surface area contributed by atoms with Crippen LogP contribution in [0, 0.1) is 5.82 Å². The van der Waals surface area contributed by atoms with Gasteiger partial charge >= 0.3 is 0 Å². The highest BCUT2D eigenvalue weighted by molar-refractivity contribution is 7.22. The lowest BCUT2D eigenvalue weighted by Gasteiger charge is -2.15. The number of hydrogen-bond donors (Lipinski definition) is 1. The average Bonchev–Trinajstić information content (AvgIpc) is 3.08. The van der Waals surface area contributed by atoms with E-state index in [-0.39, 0.29) is 18.3 Å². The van der Waals surface area contributed by atoms with E-state index in [1.807, 2.05) is 30.1 Å². The van der Waals surface area contributed by atoms with Crippen molar-refractivity contribution in [3.8, 4) is 5.75 Å². The molecule has 7 heteroatoms. The molecule has 0 bridgehead atoms. The van der Waals surface area contributed by atoms with Gasteiger partial charge in [-0.3, -0.25) is 4.79 Å². The fraction of sp³-hybridized carbons (Fsp3) is 0.263. The molecular weight excluding hydrogens is 353 g/mol. The minimum Gasteiger partial charge on any atom is -0.494 e. The normalized spacial score (nSPS) is 10.7. The Bertz CT molecular complexity index is 895. The van der Waals surface area contributed by atoms with Crippen molar-refractivity contribution in [2.75, 3.05) is 32.1 Å². The number of benzene rings is 2. The predicted octanol–water partition coefficient (Wildman–Crippen LogP) is 3.24. The Balaban J connectivity index is 1.54. The lowest BCUT2D eigenvalue weighted by atomic mass is 10.1. The molecular formula is C19H20FN3O2S. The smallest absolute Gasteiger partial charge is 0.239 e. The molecule has 0 aliphatic rings. The number of nitrogens with one attached hydrogen (secondary N) is 1. The number of amides is 1. The van der Waals surface area contributed by atoms with Crippen molar-refractivity contribution in [2.24, 2.45) is 0 Å². The monoisotopic (exact) mass is 373 g/mol. The zero-order chi connectivity index (χ0) is 18.5. The quantitative estimate of drug-likeness (QED) is 0.691. The predicted molar refractivity (Wildman–Crippen MR) is 103 cm³/mol. The van der Waals surface area contributed by atoms with E-state index in [9.17, 15) is 9.18 Å². The summed E-state index contributed by atoms with van der Waals surface area (Å²) in [7, 11) is 3.45. The zero-order valence-corrected chi connectivity index (χ0v) is 15.5. The van der Waals surface area contributed by atoms with Crippen molar-refractivity contribution in [2.45, 2.75) is 6.42 Å². The van der Waals surface area contributed by atoms with Crippen molar-refractivity contribution in [3.63, 3.8) is 0 Å². The first-order valence-corrected chi connectivity index (χ1v) is 9.04. The number of anilines is 1. The van der Waals surface area contributed by atoms with E-state index in [0.717, 1.165) is 26.7 Å². The van der Waals surface area contributed by atoms with E-state index in [1.165, 1.54) is 23.5 Å². The number of halogens is 1. The van der Waals surface area contributed by atoms with E-state index < -0.39 is 0 Å². The molecule has 1 N–H and O–H groups in total. The summed E-state index contributed by atoms with van der Waals surface area (Å²) in [6.07, 6.45) is 0.661. The maximum absolute atomic E-state index is 12.9. The third-order valence-electron chi connectivity index (χ3n) is 3.95. The van der Waals surface area contributed by atoms with E-state index in [0.29, 0.717) is 13.0 Å². The molecule has 0 unspecified atom stereocenters. The minimum absolute atomic E-state index is 0.0826. The Kier molecular flexibility index (Phi) is 5.68. The van der Waals surface area contributed by atoms with Crippen molar-refractivity contribution in [3.05, 3.63) is 53.8 Å². The topological polar surface area (TPSA) is 54.5 Å².